The Labute approximate surface area is 185 Å². The summed E-state index contributed by atoms with van der Waals surface area (Å²) in [7, 11) is 0. The Hall–Kier alpha value is -3.45. The normalized spacial score (nSPS) is 14.5. The van der Waals surface area contributed by atoms with Crippen LogP contribution in [0.3, 0.4) is 0 Å². The second-order valence-electron chi connectivity index (χ2n) is 7.62. The molecule has 2 aromatic heterocycles. The van der Waals surface area contributed by atoms with Gasteiger partial charge in [0.05, 0.1) is 5.39 Å². The number of hydrogen-bond donors (Lipinski definition) is 2. The predicted molar refractivity (Wildman–Crippen MR) is 127 cm³/mol. The van der Waals surface area contributed by atoms with Crippen LogP contribution in [0.2, 0.25) is 0 Å². The molecule has 31 heavy (non-hydrogen) atoms. The molecule has 0 aliphatic carbocycles. The van der Waals surface area contributed by atoms with E-state index in [0.717, 1.165) is 47.7 Å². The van der Waals surface area contributed by atoms with Gasteiger partial charge < -0.3 is 15.5 Å². The van der Waals surface area contributed by atoms with E-state index in [1.165, 1.54) is 11.1 Å². The van der Waals surface area contributed by atoms with Gasteiger partial charge in [-0.2, -0.15) is 0 Å². The summed E-state index contributed by atoms with van der Waals surface area (Å²) in [5.41, 5.74) is 3.16. The molecule has 2 aromatic carbocycles. The van der Waals surface area contributed by atoms with Gasteiger partial charge in [-0.15, -0.1) is 11.3 Å². The number of rotatable bonds is 4. The molecule has 4 aromatic rings. The molecule has 1 aliphatic rings. The molecule has 5 rings (SSSR count). The molecule has 2 N–H and O–H groups in total. The van der Waals surface area contributed by atoms with E-state index in [2.05, 4.69) is 55.1 Å². The van der Waals surface area contributed by atoms with Crippen molar-refractivity contribution >= 4 is 39.1 Å². The minimum absolute atomic E-state index is 0.147. The SMILES string of the molecule is O=C(Nc1ccccc1)NC1CCN(c2ncnc3scc(-c4ccccc4)c23)CC1. The molecule has 6 nitrogen and oxygen atoms in total. The first kappa shape index (κ1) is 19.5. The highest BCUT2D eigenvalue weighted by molar-refractivity contribution is 7.17. The van der Waals surface area contributed by atoms with Gasteiger partial charge in [-0.05, 0) is 30.5 Å². The first-order valence-electron chi connectivity index (χ1n) is 10.4. The third-order valence-electron chi connectivity index (χ3n) is 5.60. The van der Waals surface area contributed by atoms with E-state index in [9.17, 15) is 4.79 Å². The van der Waals surface area contributed by atoms with Gasteiger partial charge in [-0.1, -0.05) is 48.5 Å². The van der Waals surface area contributed by atoms with Gasteiger partial charge in [0.2, 0.25) is 0 Å². The monoisotopic (exact) mass is 429 g/mol. The van der Waals surface area contributed by atoms with Crippen LogP contribution in [0.15, 0.2) is 72.4 Å². The summed E-state index contributed by atoms with van der Waals surface area (Å²) < 4.78 is 0. The number of nitrogens with zero attached hydrogens (tertiary/aromatic N) is 3. The van der Waals surface area contributed by atoms with Crippen molar-refractivity contribution in [2.75, 3.05) is 23.3 Å². The molecule has 0 bridgehead atoms. The van der Waals surface area contributed by atoms with Gasteiger partial charge >= 0.3 is 6.03 Å². The Kier molecular flexibility index (Phi) is 5.50. The van der Waals surface area contributed by atoms with Gasteiger partial charge in [-0.25, -0.2) is 14.8 Å². The lowest BCUT2D eigenvalue weighted by Gasteiger charge is -2.33. The predicted octanol–water partition coefficient (Wildman–Crippen LogP) is 5.15. The molecule has 0 atom stereocenters. The minimum atomic E-state index is -0.154. The quantitative estimate of drug-likeness (QED) is 0.471. The maximum Gasteiger partial charge on any atom is 0.319 e. The molecule has 1 aliphatic heterocycles. The van der Waals surface area contributed by atoms with Crippen molar-refractivity contribution in [2.24, 2.45) is 0 Å². The zero-order chi connectivity index (χ0) is 21.0. The summed E-state index contributed by atoms with van der Waals surface area (Å²) >= 11 is 1.65. The van der Waals surface area contributed by atoms with Gasteiger partial charge in [0.1, 0.15) is 17.0 Å². The zero-order valence-corrected chi connectivity index (χ0v) is 17.8. The molecule has 0 unspecified atom stereocenters. The second kappa shape index (κ2) is 8.73. The van der Waals surface area contributed by atoms with Crippen molar-refractivity contribution < 1.29 is 4.79 Å². The molecule has 1 fully saturated rings. The molecule has 3 heterocycles. The van der Waals surface area contributed by atoms with Crippen molar-refractivity contribution in [1.29, 1.82) is 0 Å². The Morgan fingerprint density at radius 3 is 2.42 bits per heavy atom. The van der Waals surface area contributed by atoms with E-state index in [0.29, 0.717) is 0 Å². The van der Waals surface area contributed by atoms with Crippen LogP contribution in [0.5, 0.6) is 0 Å². The number of anilines is 2. The molecular formula is C24H23N5OS. The third-order valence-corrected chi connectivity index (χ3v) is 6.48. The van der Waals surface area contributed by atoms with Crippen molar-refractivity contribution in [3.8, 4) is 11.1 Å². The highest BCUT2D eigenvalue weighted by Crippen LogP contribution is 2.38. The van der Waals surface area contributed by atoms with Crippen LogP contribution in [-0.4, -0.2) is 35.1 Å². The van der Waals surface area contributed by atoms with Crippen LogP contribution in [-0.2, 0) is 0 Å². The topological polar surface area (TPSA) is 70.2 Å². The number of piperidine rings is 1. The number of nitrogens with one attached hydrogen (secondary N) is 2. The summed E-state index contributed by atoms with van der Waals surface area (Å²) in [5, 5.41) is 9.28. The fourth-order valence-electron chi connectivity index (χ4n) is 4.04. The van der Waals surface area contributed by atoms with Gasteiger partial charge in [0.25, 0.3) is 0 Å². The Morgan fingerprint density at radius 1 is 0.968 bits per heavy atom. The Balaban J connectivity index is 1.29. The van der Waals surface area contributed by atoms with Crippen LogP contribution < -0.4 is 15.5 Å². The number of hydrogen-bond acceptors (Lipinski definition) is 5. The van der Waals surface area contributed by atoms with Crippen molar-refractivity contribution in [3.63, 3.8) is 0 Å². The van der Waals surface area contributed by atoms with Crippen LogP contribution >= 0.6 is 11.3 Å². The van der Waals surface area contributed by atoms with E-state index in [-0.39, 0.29) is 12.1 Å². The number of carbonyl (C=O) groups excluding carboxylic acids is 1. The summed E-state index contributed by atoms with van der Waals surface area (Å²) in [6.07, 6.45) is 3.40. The van der Waals surface area contributed by atoms with E-state index >= 15 is 0 Å². The first-order valence-corrected chi connectivity index (χ1v) is 11.3. The van der Waals surface area contributed by atoms with Crippen LogP contribution in [0.4, 0.5) is 16.3 Å². The maximum atomic E-state index is 12.3. The summed E-state index contributed by atoms with van der Waals surface area (Å²) in [5.74, 6) is 0.984. The number of amides is 2. The van der Waals surface area contributed by atoms with E-state index in [1.807, 2.05) is 36.4 Å². The van der Waals surface area contributed by atoms with Crippen LogP contribution in [0.25, 0.3) is 21.3 Å². The average Bonchev–Trinajstić information content (AvgIpc) is 3.25. The van der Waals surface area contributed by atoms with E-state index in [4.69, 9.17) is 0 Å². The molecule has 1 saturated heterocycles. The third kappa shape index (κ3) is 4.22. The number of benzene rings is 2. The van der Waals surface area contributed by atoms with Gasteiger partial charge in [0.15, 0.2) is 0 Å². The number of urea groups is 1. The smallest absolute Gasteiger partial charge is 0.319 e. The number of aromatic nitrogens is 2. The number of fused-ring (bicyclic) bond motifs is 1. The standard InChI is InChI=1S/C24H23N5OS/c30-24(27-18-9-5-2-6-10-18)28-19-11-13-29(14-12-19)22-21-20(17-7-3-1-4-8-17)15-31-23(21)26-16-25-22/h1-10,15-16,19H,11-14H2,(H2,27,28,30). The fourth-order valence-corrected chi connectivity index (χ4v) is 4.95. The highest BCUT2D eigenvalue weighted by atomic mass is 32.1. The molecule has 7 heteroatoms. The second-order valence-corrected chi connectivity index (χ2v) is 8.48. The zero-order valence-electron chi connectivity index (χ0n) is 17.0. The molecule has 156 valence electrons. The van der Waals surface area contributed by atoms with Crippen LogP contribution in [0, 0.1) is 0 Å². The lowest BCUT2D eigenvalue weighted by atomic mass is 10.0. The lowest BCUT2D eigenvalue weighted by Crippen LogP contribution is -2.46. The number of carbonyl (C=O) groups is 1. The van der Waals surface area contributed by atoms with Gasteiger partial charge in [0, 0.05) is 35.8 Å². The molecule has 0 radical (unpaired) electrons. The lowest BCUT2D eigenvalue weighted by molar-refractivity contribution is 0.246. The first-order chi connectivity index (χ1) is 15.3. The number of para-hydroxylation sites is 1. The van der Waals surface area contributed by atoms with Crippen molar-refractivity contribution in [1.82, 2.24) is 15.3 Å². The van der Waals surface area contributed by atoms with Crippen LogP contribution in [0.1, 0.15) is 12.8 Å². The van der Waals surface area contributed by atoms with Gasteiger partial charge in [-0.3, -0.25) is 0 Å². The average molecular weight is 430 g/mol. The summed E-state index contributed by atoms with van der Waals surface area (Å²) in [4.78, 5) is 24.8. The minimum Gasteiger partial charge on any atom is -0.356 e. The maximum absolute atomic E-state index is 12.3. The van der Waals surface area contributed by atoms with Crippen molar-refractivity contribution in [2.45, 2.75) is 18.9 Å². The molecule has 0 spiro atoms. The molecule has 0 saturated carbocycles. The van der Waals surface area contributed by atoms with E-state index in [1.54, 1.807) is 17.7 Å². The summed E-state index contributed by atoms with van der Waals surface area (Å²) in [6.45, 7) is 1.68. The Morgan fingerprint density at radius 2 is 1.68 bits per heavy atom. The molecular weight excluding hydrogens is 406 g/mol. The highest BCUT2D eigenvalue weighted by Gasteiger charge is 2.24. The van der Waals surface area contributed by atoms with E-state index < -0.39 is 0 Å². The fraction of sp³-hybridized carbons (Fsp3) is 0.208. The molecule has 2 amide bonds. The largest absolute Gasteiger partial charge is 0.356 e. The number of thiophene rings is 1. The van der Waals surface area contributed by atoms with Crippen molar-refractivity contribution in [3.05, 3.63) is 72.4 Å². The summed E-state index contributed by atoms with van der Waals surface area (Å²) in [6, 6.07) is 19.9. The Bertz CT molecular complexity index is 1170.